The fourth-order valence-electron chi connectivity index (χ4n) is 3.47. The molecule has 1 atom stereocenters. The minimum Gasteiger partial charge on any atom is -0.328 e. The lowest BCUT2D eigenvalue weighted by Gasteiger charge is -2.30. The Morgan fingerprint density at radius 2 is 1.75 bits per heavy atom. The van der Waals surface area contributed by atoms with Crippen molar-refractivity contribution in [2.45, 2.75) is 19.4 Å². The van der Waals surface area contributed by atoms with Gasteiger partial charge in [-0.2, -0.15) is 0 Å². The molecule has 2 saturated heterocycles. The first kappa shape index (κ1) is 16.6. The number of nitrogens with zero attached hydrogens (tertiary/aromatic N) is 1. The highest BCUT2D eigenvalue weighted by atomic mass is 16.2. The molecule has 2 fully saturated rings. The molecule has 3 N–H and O–H groups in total. The molecule has 0 bridgehead atoms. The van der Waals surface area contributed by atoms with Gasteiger partial charge in [-0.1, -0.05) is 0 Å². The van der Waals surface area contributed by atoms with Crippen molar-refractivity contribution in [2.24, 2.45) is 0 Å². The third-order valence-electron chi connectivity index (χ3n) is 4.83. The summed E-state index contributed by atoms with van der Waals surface area (Å²) in [4.78, 5) is 40.2. The fourth-order valence-corrected chi connectivity index (χ4v) is 3.47. The first-order valence-corrected chi connectivity index (χ1v) is 8.36. The molecule has 0 aromatic heterocycles. The van der Waals surface area contributed by atoms with Gasteiger partial charge < -0.3 is 15.1 Å². The molecule has 1 aromatic carbocycles. The Bertz CT molecular complexity index is 650. The number of piperazine rings is 1. The number of quaternary nitrogens is 2. The molecule has 2 heterocycles. The molecule has 24 heavy (non-hydrogen) atoms. The lowest BCUT2D eigenvalue weighted by atomic mass is 10.2. The van der Waals surface area contributed by atoms with Gasteiger partial charge in [-0.25, -0.2) is 4.90 Å². The average molecular weight is 332 g/mol. The van der Waals surface area contributed by atoms with Gasteiger partial charge in [-0.3, -0.25) is 14.4 Å². The molecule has 0 spiro atoms. The van der Waals surface area contributed by atoms with Crippen LogP contribution in [0.2, 0.25) is 0 Å². The van der Waals surface area contributed by atoms with E-state index < -0.39 is 0 Å². The highest BCUT2D eigenvalue weighted by molar-refractivity contribution is 6.21. The summed E-state index contributed by atoms with van der Waals surface area (Å²) in [5.41, 5.74) is 1.22. The van der Waals surface area contributed by atoms with Crippen LogP contribution in [0.3, 0.4) is 0 Å². The summed E-state index contributed by atoms with van der Waals surface area (Å²) in [6, 6.07) is 6.55. The standard InChI is InChI=1S/C17H22N4O3/c1-12(22)18-13-3-5-14(6-4-13)21-16(23)11-15(17(21)24)20-9-7-19(2)8-10-20/h3-6,15H,7-11H2,1-2H3,(H,18,22)/p+2. The normalized spacial score (nSPS) is 27.4. The van der Waals surface area contributed by atoms with Gasteiger partial charge in [0.1, 0.15) is 26.2 Å². The van der Waals surface area contributed by atoms with E-state index in [9.17, 15) is 14.4 Å². The van der Waals surface area contributed by atoms with Gasteiger partial charge in [0, 0.05) is 12.6 Å². The van der Waals surface area contributed by atoms with Crippen LogP contribution in [0.1, 0.15) is 13.3 Å². The predicted molar refractivity (Wildman–Crippen MR) is 89.0 cm³/mol. The van der Waals surface area contributed by atoms with E-state index in [1.54, 1.807) is 24.3 Å². The van der Waals surface area contributed by atoms with E-state index in [1.807, 2.05) is 0 Å². The number of anilines is 2. The lowest BCUT2D eigenvalue weighted by molar-refractivity contribution is -1.01. The molecule has 2 aliphatic rings. The fraction of sp³-hybridized carbons (Fsp3) is 0.471. The smallest absolute Gasteiger partial charge is 0.292 e. The lowest BCUT2D eigenvalue weighted by Crippen LogP contribution is -3.29. The molecule has 0 saturated carbocycles. The summed E-state index contributed by atoms with van der Waals surface area (Å²) < 4.78 is 0. The van der Waals surface area contributed by atoms with Crippen molar-refractivity contribution in [3.63, 3.8) is 0 Å². The van der Waals surface area contributed by atoms with E-state index in [0.717, 1.165) is 26.2 Å². The molecule has 7 nitrogen and oxygen atoms in total. The van der Waals surface area contributed by atoms with Crippen LogP contribution in [-0.4, -0.2) is 57.0 Å². The second kappa shape index (κ2) is 6.70. The molecular formula is C17H24N4O3+2. The summed E-state index contributed by atoms with van der Waals surface area (Å²) in [7, 11) is 2.15. The summed E-state index contributed by atoms with van der Waals surface area (Å²) in [5.74, 6) is -0.408. The van der Waals surface area contributed by atoms with Crippen LogP contribution in [0.25, 0.3) is 0 Å². The van der Waals surface area contributed by atoms with Crippen molar-refractivity contribution >= 4 is 29.1 Å². The number of carbonyl (C=O) groups is 3. The maximum Gasteiger partial charge on any atom is 0.292 e. The average Bonchev–Trinajstić information content (AvgIpc) is 2.83. The number of amides is 3. The quantitative estimate of drug-likeness (QED) is 0.545. The van der Waals surface area contributed by atoms with Crippen molar-refractivity contribution in [2.75, 3.05) is 43.4 Å². The van der Waals surface area contributed by atoms with E-state index in [-0.39, 0.29) is 30.2 Å². The van der Waals surface area contributed by atoms with Crippen LogP contribution in [0.5, 0.6) is 0 Å². The summed E-state index contributed by atoms with van der Waals surface area (Å²) in [6.45, 7) is 5.33. The van der Waals surface area contributed by atoms with Crippen molar-refractivity contribution in [1.29, 1.82) is 0 Å². The van der Waals surface area contributed by atoms with E-state index in [1.165, 1.54) is 21.6 Å². The van der Waals surface area contributed by atoms with Crippen molar-refractivity contribution in [3.8, 4) is 0 Å². The van der Waals surface area contributed by atoms with Crippen LogP contribution >= 0.6 is 0 Å². The first-order chi connectivity index (χ1) is 11.5. The Kier molecular flexibility index (Phi) is 4.64. The molecule has 3 rings (SSSR count). The number of carbonyl (C=O) groups excluding carboxylic acids is 3. The summed E-state index contributed by atoms with van der Waals surface area (Å²) >= 11 is 0. The van der Waals surface area contributed by atoms with E-state index in [4.69, 9.17) is 0 Å². The van der Waals surface area contributed by atoms with E-state index >= 15 is 0 Å². The zero-order chi connectivity index (χ0) is 17.3. The van der Waals surface area contributed by atoms with Crippen LogP contribution < -0.4 is 20.0 Å². The minimum atomic E-state index is -0.263. The van der Waals surface area contributed by atoms with Gasteiger partial charge in [-0.15, -0.1) is 0 Å². The van der Waals surface area contributed by atoms with E-state index in [0.29, 0.717) is 11.4 Å². The highest BCUT2D eigenvalue weighted by Crippen LogP contribution is 2.23. The highest BCUT2D eigenvalue weighted by Gasteiger charge is 2.46. The summed E-state index contributed by atoms with van der Waals surface area (Å²) in [5, 5.41) is 2.68. The number of nitrogens with one attached hydrogen (secondary N) is 3. The number of hydrogen-bond donors (Lipinski definition) is 3. The number of rotatable bonds is 3. The van der Waals surface area contributed by atoms with Crippen molar-refractivity contribution in [1.82, 2.24) is 0 Å². The molecule has 0 radical (unpaired) electrons. The first-order valence-electron chi connectivity index (χ1n) is 8.36. The third kappa shape index (κ3) is 3.32. The molecule has 0 aliphatic carbocycles. The van der Waals surface area contributed by atoms with Crippen LogP contribution in [0, 0.1) is 0 Å². The second-order valence-electron chi connectivity index (χ2n) is 6.67. The Balaban J connectivity index is 1.73. The van der Waals surface area contributed by atoms with Crippen LogP contribution in [-0.2, 0) is 14.4 Å². The van der Waals surface area contributed by atoms with Crippen LogP contribution in [0.15, 0.2) is 24.3 Å². The van der Waals surface area contributed by atoms with Crippen molar-refractivity contribution in [3.05, 3.63) is 24.3 Å². The van der Waals surface area contributed by atoms with E-state index in [2.05, 4.69) is 12.4 Å². The van der Waals surface area contributed by atoms with Crippen LogP contribution in [0.4, 0.5) is 11.4 Å². The molecule has 2 aliphatic heterocycles. The van der Waals surface area contributed by atoms with Gasteiger partial charge in [0.05, 0.1) is 19.2 Å². The summed E-state index contributed by atoms with van der Waals surface area (Å²) in [6.07, 6.45) is 0.278. The molecule has 128 valence electrons. The van der Waals surface area contributed by atoms with Gasteiger partial charge in [0.25, 0.3) is 5.91 Å². The number of hydrogen-bond acceptors (Lipinski definition) is 3. The molecule has 1 aromatic rings. The number of benzene rings is 1. The Morgan fingerprint density at radius 3 is 2.33 bits per heavy atom. The Hall–Kier alpha value is -2.25. The second-order valence-corrected chi connectivity index (χ2v) is 6.67. The minimum absolute atomic E-state index is 0.109. The van der Waals surface area contributed by atoms with Gasteiger partial charge >= 0.3 is 0 Å². The third-order valence-corrected chi connectivity index (χ3v) is 4.83. The Morgan fingerprint density at radius 1 is 1.12 bits per heavy atom. The molecule has 3 amide bonds. The Labute approximate surface area is 141 Å². The SMILES string of the molecule is CC(=O)Nc1ccc(N2C(=O)CC([NH+]3CC[NH+](C)CC3)C2=O)cc1. The van der Waals surface area contributed by atoms with Gasteiger partial charge in [0.15, 0.2) is 6.04 Å². The van der Waals surface area contributed by atoms with Crippen molar-refractivity contribution < 1.29 is 24.2 Å². The van der Waals surface area contributed by atoms with Gasteiger partial charge in [0.2, 0.25) is 11.8 Å². The molecule has 1 unspecified atom stereocenters. The predicted octanol–water partition coefficient (Wildman–Crippen LogP) is -2.31. The topological polar surface area (TPSA) is 75.4 Å². The maximum atomic E-state index is 12.8. The largest absolute Gasteiger partial charge is 0.328 e. The zero-order valence-corrected chi connectivity index (χ0v) is 14.1. The molecule has 7 heteroatoms. The molecular weight excluding hydrogens is 308 g/mol. The monoisotopic (exact) mass is 332 g/mol. The van der Waals surface area contributed by atoms with Gasteiger partial charge in [-0.05, 0) is 24.3 Å². The zero-order valence-electron chi connectivity index (χ0n) is 14.1. The number of imide groups is 1. The maximum absolute atomic E-state index is 12.8. The number of likely N-dealkylation sites (N-methyl/N-ethyl adjacent to an activating group) is 1.